The van der Waals surface area contributed by atoms with Gasteiger partial charge in [-0.25, -0.2) is 0 Å². The zero-order valence-corrected chi connectivity index (χ0v) is 17.3. The molecule has 0 radical (unpaired) electrons. The van der Waals surface area contributed by atoms with Gasteiger partial charge in [-0.3, -0.25) is 9.59 Å². The van der Waals surface area contributed by atoms with Crippen molar-refractivity contribution in [3.05, 3.63) is 75.6 Å². The van der Waals surface area contributed by atoms with Crippen LogP contribution >= 0.6 is 34.8 Å². The van der Waals surface area contributed by atoms with E-state index in [1.165, 1.54) is 24.5 Å². The predicted octanol–water partition coefficient (Wildman–Crippen LogP) is 5.90. The fraction of sp³-hybridized carbons (Fsp3) is 0.100. The largest absolute Gasteiger partial charge is 0.479 e. The van der Waals surface area contributed by atoms with Crippen LogP contribution in [0.5, 0.6) is 5.75 Å². The maximum absolute atomic E-state index is 12.6. The molecule has 0 saturated carbocycles. The molecule has 1 heterocycles. The lowest BCUT2D eigenvalue weighted by atomic mass is 10.2. The molecule has 6 nitrogen and oxygen atoms in total. The average Bonchev–Trinajstić information content (AvgIpc) is 3.21. The first kappa shape index (κ1) is 21.0. The fourth-order valence-corrected chi connectivity index (χ4v) is 2.99. The molecule has 150 valence electrons. The van der Waals surface area contributed by atoms with E-state index in [9.17, 15) is 9.59 Å². The molecule has 3 rings (SSSR count). The van der Waals surface area contributed by atoms with Gasteiger partial charge in [-0.15, -0.1) is 0 Å². The molecule has 1 aromatic heterocycles. The van der Waals surface area contributed by atoms with Gasteiger partial charge in [0.05, 0.1) is 22.7 Å². The maximum atomic E-state index is 12.6. The van der Waals surface area contributed by atoms with Gasteiger partial charge >= 0.3 is 0 Å². The van der Waals surface area contributed by atoms with Crippen LogP contribution < -0.4 is 15.4 Å². The number of hydrogen-bond donors (Lipinski definition) is 2. The fourth-order valence-electron chi connectivity index (χ4n) is 2.37. The van der Waals surface area contributed by atoms with Crippen molar-refractivity contribution < 1.29 is 18.7 Å². The van der Waals surface area contributed by atoms with E-state index in [4.69, 9.17) is 44.0 Å². The quantitative estimate of drug-likeness (QED) is 0.487. The number of rotatable bonds is 6. The molecule has 0 aliphatic rings. The van der Waals surface area contributed by atoms with Crippen LogP contribution in [-0.2, 0) is 4.79 Å². The minimum atomic E-state index is -0.877. The lowest BCUT2D eigenvalue weighted by Crippen LogP contribution is -2.30. The molecule has 2 N–H and O–H groups in total. The number of anilines is 2. The van der Waals surface area contributed by atoms with Gasteiger partial charge in [-0.2, -0.15) is 0 Å². The Morgan fingerprint density at radius 2 is 1.69 bits per heavy atom. The summed E-state index contributed by atoms with van der Waals surface area (Å²) < 4.78 is 10.7. The molecule has 1 unspecified atom stereocenters. The molecule has 0 aliphatic heterocycles. The van der Waals surface area contributed by atoms with Crippen LogP contribution in [0, 0.1) is 0 Å². The van der Waals surface area contributed by atoms with Crippen LogP contribution in [0.2, 0.25) is 15.1 Å². The lowest BCUT2D eigenvalue weighted by molar-refractivity contribution is -0.122. The first-order valence-corrected chi connectivity index (χ1v) is 9.54. The number of nitrogens with one attached hydrogen (secondary N) is 2. The van der Waals surface area contributed by atoms with Gasteiger partial charge in [0, 0.05) is 10.0 Å². The highest BCUT2D eigenvalue weighted by Crippen LogP contribution is 2.29. The number of ether oxygens (including phenoxy) is 1. The van der Waals surface area contributed by atoms with Crippen LogP contribution in [-0.4, -0.2) is 17.9 Å². The zero-order valence-electron chi connectivity index (χ0n) is 15.0. The van der Waals surface area contributed by atoms with E-state index < -0.39 is 17.9 Å². The summed E-state index contributed by atoms with van der Waals surface area (Å²) in [7, 11) is 0. The summed E-state index contributed by atoms with van der Waals surface area (Å²) in [5.74, 6) is -0.491. The van der Waals surface area contributed by atoms with Gasteiger partial charge in [-0.1, -0.05) is 34.8 Å². The van der Waals surface area contributed by atoms with Crippen molar-refractivity contribution >= 4 is 58.0 Å². The molecule has 3 aromatic rings. The molecule has 2 amide bonds. The third-order valence-corrected chi connectivity index (χ3v) is 4.57. The smallest absolute Gasteiger partial charge is 0.291 e. The van der Waals surface area contributed by atoms with E-state index in [1.54, 1.807) is 37.3 Å². The number of carbonyl (C=O) groups excluding carboxylic acids is 2. The van der Waals surface area contributed by atoms with E-state index in [0.29, 0.717) is 27.2 Å². The van der Waals surface area contributed by atoms with Gasteiger partial charge in [0.2, 0.25) is 0 Å². The van der Waals surface area contributed by atoms with Crippen molar-refractivity contribution in [2.45, 2.75) is 13.0 Å². The number of halogens is 3. The van der Waals surface area contributed by atoms with Crippen LogP contribution in [0.1, 0.15) is 17.5 Å². The van der Waals surface area contributed by atoms with E-state index >= 15 is 0 Å². The molecule has 0 spiro atoms. The first-order valence-electron chi connectivity index (χ1n) is 8.40. The van der Waals surface area contributed by atoms with Gasteiger partial charge in [0.15, 0.2) is 11.9 Å². The molecule has 0 bridgehead atoms. The minimum Gasteiger partial charge on any atom is -0.479 e. The molecular formula is C20H15Cl3N2O4. The molecule has 0 aliphatic carbocycles. The van der Waals surface area contributed by atoms with E-state index in [0.717, 1.165) is 0 Å². The highest BCUT2D eigenvalue weighted by Gasteiger charge is 2.19. The zero-order chi connectivity index (χ0) is 21.0. The van der Waals surface area contributed by atoms with Gasteiger partial charge in [-0.05, 0) is 55.5 Å². The first-order chi connectivity index (χ1) is 13.8. The Bertz CT molecular complexity index is 1040. The molecule has 0 fully saturated rings. The molecule has 9 heteroatoms. The lowest BCUT2D eigenvalue weighted by Gasteiger charge is -2.17. The number of carbonyl (C=O) groups is 2. The van der Waals surface area contributed by atoms with Crippen molar-refractivity contribution in [2.75, 3.05) is 10.6 Å². The molecule has 1 atom stereocenters. The third kappa shape index (κ3) is 5.44. The van der Waals surface area contributed by atoms with Crippen molar-refractivity contribution in [1.29, 1.82) is 0 Å². The van der Waals surface area contributed by atoms with Crippen LogP contribution in [0.15, 0.2) is 59.2 Å². The molecule has 2 aromatic carbocycles. The van der Waals surface area contributed by atoms with Crippen molar-refractivity contribution in [3.8, 4) is 5.75 Å². The van der Waals surface area contributed by atoms with E-state index in [-0.39, 0.29) is 10.8 Å². The average molecular weight is 454 g/mol. The number of amides is 2. The van der Waals surface area contributed by atoms with Crippen LogP contribution in [0.3, 0.4) is 0 Å². The van der Waals surface area contributed by atoms with Crippen LogP contribution in [0.4, 0.5) is 11.4 Å². The number of hydrogen-bond acceptors (Lipinski definition) is 4. The Labute approximate surface area is 181 Å². The van der Waals surface area contributed by atoms with Crippen molar-refractivity contribution in [3.63, 3.8) is 0 Å². The summed E-state index contributed by atoms with van der Waals surface area (Å²) in [5, 5.41) is 6.48. The highest BCUT2D eigenvalue weighted by molar-refractivity contribution is 6.35. The summed E-state index contributed by atoms with van der Waals surface area (Å²) in [6.07, 6.45) is 0.509. The maximum Gasteiger partial charge on any atom is 0.291 e. The Morgan fingerprint density at radius 1 is 0.966 bits per heavy atom. The van der Waals surface area contributed by atoms with Gasteiger partial charge in [0.1, 0.15) is 5.75 Å². The van der Waals surface area contributed by atoms with Crippen LogP contribution in [0.25, 0.3) is 0 Å². The monoisotopic (exact) mass is 452 g/mol. The molecule has 29 heavy (non-hydrogen) atoms. The standard InChI is InChI=1S/C20H15Cl3N2O4/c1-11(29-17-7-5-12(21)9-14(17)23)19(26)24-15-6-4-13(22)10-16(15)25-20(27)18-3-2-8-28-18/h2-11H,1H3,(H,24,26)(H,25,27). The minimum absolute atomic E-state index is 0.122. The van der Waals surface area contributed by atoms with Gasteiger partial charge in [0.25, 0.3) is 11.8 Å². The summed E-state index contributed by atoms with van der Waals surface area (Å²) in [6, 6.07) is 12.5. The summed E-state index contributed by atoms with van der Waals surface area (Å²) in [5.41, 5.74) is 0.654. The Kier molecular flexibility index (Phi) is 6.69. The SMILES string of the molecule is CC(Oc1ccc(Cl)cc1Cl)C(=O)Nc1ccc(Cl)cc1NC(=O)c1ccco1. The number of furan rings is 1. The predicted molar refractivity (Wildman–Crippen MR) is 113 cm³/mol. The van der Waals surface area contributed by atoms with Gasteiger partial charge < -0.3 is 19.8 Å². The summed E-state index contributed by atoms with van der Waals surface area (Å²) >= 11 is 18.0. The topological polar surface area (TPSA) is 80.6 Å². The second kappa shape index (κ2) is 9.22. The Balaban J connectivity index is 1.73. The highest BCUT2D eigenvalue weighted by atomic mass is 35.5. The normalized spacial score (nSPS) is 11.6. The Hall–Kier alpha value is -2.67. The van der Waals surface area contributed by atoms with Crippen molar-refractivity contribution in [2.24, 2.45) is 0 Å². The number of benzene rings is 2. The molecule has 0 saturated heterocycles. The second-order valence-electron chi connectivity index (χ2n) is 5.95. The summed E-state index contributed by atoms with van der Waals surface area (Å²) in [6.45, 7) is 1.57. The third-order valence-electron chi connectivity index (χ3n) is 3.80. The second-order valence-corrected chi connectivity index (χ2v) is 7.23. The Morgan fingerprint density at radius 3 is 2.38 bits per heavy atom. The van der Waals surface area contributed by atoms with Crippen molar-refractivity contribution in [1.82, 2.24) is 0 Å². The molecular weight excluding hydrogens is 439 g/mol. The summed E-state index contributed by atoms with van der Waals surface area (Å²) in [4.78, 5) is 24.8. The van der Waals surface area contributed by atoms with E-state index in [2.05, 4.69) is 10.6 Å². The van der Waals surface area contributed by atoms with E-state index in [1.807, 2.05) is 0 Å².